The summed E-state index contributed by atoms with van der Waals surface area (Å²) in [5.74, 6) is -2.51. The lowest BCUT2D eigenvalue weighted by atomic mass is 9.88. The van der Waals surface area contributed by atoms with E-state index in [2.05, 4.69) is 0 Å². The highest BCUT2D eigenvalue weighted by molar-refractivity contribution is 5.99. The van der Waals surface area contributed by atoms with Gasteiger partial charge in [0.2, 0.25) is 0 Å². The molecule has 0 radical (unpaired) electrons. The van der Waals surface area contributed by atoms with Crippen molar-refractivity contribution in [2.75, 3.05) is 5.32 Å². The molecule has 1 N–H and O–H groups in total. The van der Waals surface area contributed by atoms with Crippen molar-refractivity contribution < 1.29 is 32.4 Å². The second-order valence-electron chi connectivity index (χ2n) is 8.29. The fourth-order valence-corrected chi connectivity index (χ4v) is 4.10. The first-order valence-corrected chi connectivity index (χ1v) is 9.66. The molecule has 0 fully saturated rings. The zero-order chi connectivity index (χ0) is 23.4. The number of benzene rings is 2. The van der Waals surface area contributed by atoms with E-state index < -0.39 is 40.0 Å². The van der Waals surface area contributed by atoms with Crippen LogP contribution >= 0.6 is 0 Å². The van der Waals surface area contributed by atoms with Gasteiger partial charge in [0.1, 0.15) is 17.0 Å². The SMILES string of the molecule is CC1(C)C[C@@H](N2Cc3ccccc3C2=O)c2cc([N+](=O)[O-])c(NC(=O)C(F)(F)F)cc2O1. The molecule has 8 nitrogen and oxygen atoms in total. The van der Waals surface area contributed by atoms with Crippen molar-refractivity contribution in [2.24, 2.45) is 0 Å². The van der Waals surface area contributed by atoms with Crippen LogP contribution in [0, 0.1) is 10.1 Å². The van der Waals surface area contributed by atoms with Gasteiger partial charge in [0.25, 0.3) is 11.6 Å². The van der Waals surface area contributed by atoms with Crippen molar-refractivity contribution in [1.29, 1.82) is 0 Å². The van der Waals surface area contributed by atoms with Gasteiger partial charge in [-0.05, 0) is 25.5 Å². The predicted molar refractivity (Wildman–Crippen MR) is 106 cm³/mol. The van der Waals surface area contributed by atoms with E-state index in [1.165, 1.54) is 0 Å². The molecule has 2 aromatic carbocycles. The Kier molecular flexibility index (Phi) is 4.87. The summed E-state index contributed by atoms with van der Waals surface area (Å²) in [6, 6.07) is 8.52. The summed E-state index contributed by atoms with van der Waals surface area (Å²) in [6.07, 6.45) is -4.91. The van der Waals surface area contributed by atoms with Gasteiger partial charge in [-0.1, -0.05) is 18.2 Å². The first-order valence-electron chi connectivity index (χ1n) is 9.66. The van der Waals surface area contributed by atoms with Crippen molar-refractivity contribution in [3.05, 3.63) is 63.2 Å². The van der Waals surface area contributed by atoms with Gasteiger partial charge in [0.05, 0.1) is 11.0 Å². The predicted octanol–water partition coefficient (Wildman–Crippen LogP) is 4.35. The number of nitrogens with zero attached hydrogens (tertiary/aromatic N) is 2. The lowest BCUT2D eigenvalue weighted by Crippen LogP contribution is -2.41. The van der Waals surface area contributed by atoms with E-state index in [9.17, 15) is 32.9 Å². The summed E-state index contributed by atoms with van der Waals surface area (Å²) in [4.78, 5) is 36.7. The second kappa shape index (κ2) is 7.21. The molecule has 4 rings (SSSR count). The van der Waals surface area contributed by atoms with Crippen LogP contribution in [0.5, 0.6) is 5.75 Å². The van der Waals surface area contributed by atoms with Crippen molar-refractivity contribution in [1.82, 2.24) is 4.90 Å². The number of fused-ring (bicyclic) bond motifs is 2. The Morgan fingerprint density at radius 3 is 2.59 bits per heavy atom. The number of halogens is 3. The Bertz CT molecular complexity index is 1150. The average molecular weight is 449 g/mol. The van der Waals surface area contributed by atoms with Gasteiger partial charge in [0.15, 0.2) is 0 Å². The van der Waals surface area contributed by atoms with E-state index in [1.807, 2.05) is 6.07 Å². The summed E-state index contributed by atoms with van der Waals surface area (Å²) in [5.41, 5.74) is -0.549. The van der Waals surface area contributed by atoms with Crippen LogP contribution in [0.2, 0.25) is 0 Å². The van der Waals surface area contributed by atoms with E-state index >= 15 is 0 Å². The van der Waals surface area contributed by atoms with Crippen molar-refractivity contribution in [3.63, 3.8) is 0 Å². The van der Waals surface area contributed by atoms with Gasteiger partial charge in [0, 0.05) is 36.2 Å². The average Bonchev–Trinajstić information content (AvgIpc) is 3.02. The zero-order valence-corrected chi connectivity index (χ0v) is 17.0. The Hall–Kier alpha value is -3.63. The molecular formula is C21H18F3N3O5. The van der Waals surface area contributed by atoms with Crippen LogP contribution in [0.1, 0.15) is 47.8 Å². The minimum Gasteiger partial charge on any atom is -0.487 e. The fourth-order valence-electron chi connectivity index (χ4n) is 4.10. The number of anilines is 1. The maximum Gasteiger partial charge on any atom is 0.471 e. The number of hydrogen-bond acceptors (Lipinski definition) is 5. The largest absolute Gasteiger partial charge is 0.487 e. The Labute approximate surface area is 180 Å². The van der Waals surface area contributed by atoms with Gasteiger partial charge >= 0.3 is 12.1 Å². The van der Waals surface area contributed by atoms with Gasteiger partial charge < -0.3 is 15.0 Å². The molecule has 32 heavy (non-hydrogen) atoms. The van der Waals surface area contributed by atoms with E-state index in [1.54, 1.807) is 42.3 Å². The molecule has 1 atom stereocenters. The van der Waals surface area contributed by atoms with Crippen LogP contribution in [-0.2, 0) is 11.3 Å². The number of ether oxygens (including phenoxy) is 1. The number of rotatable bonds is 3. The van der Waals surface area contributed by atoms with Crippen LogP contribution in [0.25, 0.3) is 0 Å². The number of nitrogens with one attached hydrogen (secondary N) is 1. The normalized spacial score (nSPS) is 19.1. The summed E-state index contributed by atoms with van der Waals surface area (Å²) < 4.78 is 44.0. The van der Waals surface area contributed by atoms with E-state index in [-0.39, 0.29) is 18.2 Å². The van der Waals surface area contributed by atoms with Crippen LogP contribution in [-0.4, -0.2) is 33.4 Å². The highest BCUT2D eigenvalue weighted by Crippen LogP contribution is 2.48. The second-order valence-corrected chi connectivity index (χ2v) is 8.29. The maximum atomic E-state index is 13.0. The molecule has 2 amide bonds. The van der Waals surface area contributed by atoms with E-state index in [4.69, 9.17) is 4.74 Å². The van der Waals surface area contributed by atoms with Gasteiger partial charge in [-0.25, -0.2) is 0 Å². The Balaban J connectivity index is 1.79. The van der Waals surface area contributed by atoms with Crippen molar-refractivity contribution in [3.8, 4) is 5.75 Å². The highest BCUT2D eigenvalue weighted by Gasteiger charge is 2.44. The Morgan fingerprint density at radius 1 is 1.28 bits per heavy atom. The molecule has 2 aromatic rings. The summed E-state index contributed by atoms with van der Waals surface area (Å²) in [7, 11) is 0. The topological polar surface area (TPSA) is 102 Å². The third kappa shape index (κ3) is 3.74. The molecule has 2 aliphatic rings. The molecule has 2 aliphatic heterocycles. The lowest BCUT2D eigenvalue weighted by Gasteiger charge is -2.41. The van der Waals surface area contributed by atoms with Crippen LogP contribution in [0.4, 0.5) is 24.5 Å². The number of alkyl halides is 3. The molecule has 0 bridgehead atoms. The molecule has 2 heterocycles. The number of nitro benzene ring substituents is 1. The van der Waals surface area contributed by atoms with E-state index in [0.29, 0.717) is 17.5 Å². The van der Waals surface area contributed by atoms with Crippen LogP contribution < -0.4 is 10.1 Å². The highest BCUT2D eigenvalue weighted by atomic mass is 19.4. The summed E-state index contributed by atoms with van der Waals surface area (Å²) in [6.45, 7) is 3.77. The molecule has 0 aliphatic carbocycles. The van der Waals surface area contributed by atoms with Gasteiger partial charge in [-0.3, -0.25) is 19.7 Å². The minimum atomic E-state index is -5.22. The summed E-state index contributed by atoms with van der Waals surface area (Å²) in [5, 5.41) is 13.1. The zero-order valence-electron chi connectivity index (χ0n) is 17.0. The minimum absolute atomic E-state index is 0.0677. The molecule has 168 valence electrons. The number of amides is 2. The van der Waals surface area contributed by atoms with Crippen molar-refractivity contribution in [2.45, 2.75) is 44.6 Å². The van der Waals surface area contributed by atoms with Gasteiger partial charge in [-0.15, -0.1) is 0 Å². The fraction of sp³-hybridized carbons (Fsp3) is 0.333. The quantitative estimate of drug-likeness (QED) is 0.554. The smallest absolute Gasteiger partial charge is 0.471 e. The van der Waals surface area contributed by atoms with Crippen LogP contribution in [0.15, 0.2) is 36.4 Å². The third-order valence-electron chi connectivity index (χ3n) is 5.49. The molecule has 11 heteroatoms. The molecule has 0 spiro atoms. The molecule has 0 aromatic heterocycles. The maximum absolute atomic E-state index is 13.0. The molecule has 0 unspecified atom stereocenters. The summed E-state index contributed by atoms with van der Waals surface area (Å²) >= 11 is 0. The van der Waals surface area contributed by atoms with E-state index in [0.717, 1.165) is 17.7 Å². The van der Waals surface area contributed by atoms with Crippen LogP contribution in [0.3, 0.4) is 0 Å². The third-order valence-corrected chi connectivity index (χ3v) is 5.49. The monoisotopic (exact) mass is 449 g/mol. The Morgan fingerprint density at radius 2 is 1.97 bits per heavy atom. The van der Waals surface area contributed by atoms with Gasteiger partial charge in [-0.2, -0.15) is 13.2 Å². The number of nitro groups is 1. The molecule has 0 saturated heterocycles. The molecular weight excluding hydrogens is 431 g/mol. The molecule has 0 saturated carbocycles. The first kappa shape index (κ1) is 21.6. The number of carbonyl (C=O) groups excluding carboxylic acids is 2. The number of carbonyl (C=O) groups is 2. The van der Waals surface area contributed by atoms with Crippen molar-refractivity contribution >= 4 is 23.2 Å². The number of hydrogen-bond donors (Lipinski definition) is 1. The standard InChI is InChI=1S/C21H18F3N3O5/c1-20(2)9-16(26-10-11-5-3-4-6-12(11)18(26)28)13-7-15(27(30)31)14(8-17(13)32-20)25-19(29)21(22,23)24/h3-8,16H,9-10H2,1-2H3,(H,25,29)/t16-/m1/s1. The lowest BCUT2D eigenvalue weighted by molar-refractivity contribution is -0.384. The first-order chi connectivity index (χ1) is 14.9.